The summed E-state index contributed by atoms with van der Waals surface area (Å²) in [6.07, 6.45) is 0. The molecule has 0 aliphatic heterocycles. The fraction of sp³-hybridized carbons (Fsp3) is 0.235. The summed E-state index contributed by atoms with van der Waals surface area (Å²) in [6.45, 7) is 3.90. The smallest absolute Gasteiger partial charge is 0.338 e. The van der Waals surface area contributed by atoms with Gasteiger partial charge in [0.15, 0.2) is 0 Å². The zero-order valence-electron chi connectivity index (χ0n) is 12.4. The molecule has 0 aromatic carbocycles. The summed E-state index contributed by atoms with van der Waals surface area (Å²) in [7, 11) is 0. The Kier molecular flexibility index (Phi) is 4.74. The van der Waals surface area contributed by atoms with E-state index in [0.29, 0.717) is 27.8 Å². The molecule has 112 valence electrons. The van der Waals surface area contributed by atoms with Crippen LogP contribution < -0.4 is 0 Å². The minimum absolute atomic E-state index is 0.239. The Morgan fingerprint density at radius 1 is 0.955 bits per heavy atom. The van der Waals surface area contributed by atoms with E-state index in [4.69, 9.17) is 14.7 Å². The highest BCUT2D eigenvalue weighted by Crippen LogP contribution is 2.33. The van der Waals surface area contributed by atoms with Gasteiger partial charge < -0.3 is 9.47 Å². The molecule has 5 nitrogen and oxygen atoms in total. The lowest BCUT2D eigenvalue weighted by atomic mass is 10.1. The normalized spacial score (nSPS) is 10.0. The molecule has 22 heavy (non-hydrogen) atoms. The Morgan fingerprint density at radius 2 is 1.41 bits per heavy atom. The third-order valence-electron chi connectivity index (χ3n) is 3.14. The highest BCUT2D eigenvalue weighted by molar-refractivity contribution is 6.08. The Labute approximate surface area is 128 Å². The van der Waals surface area contributed by atoms with Gasteiger partial charge in [0.2, 0.25) is 0 Å². The fourth-order valence-electron chi connectivity index (χ4n) is 2.18. The highest BCUT2D eigenvalue weighted by atomic mass is 16.5. The molecule has 0 aromatic heterocycles. The summed E-state index contributed by atoms with van der Waals surface area (Å²) in [4.78, 5) is 24.1. The summed E-state index contributed by atoms with van der Waals surface area (Å²) in [5.41, 5.74) is 2.13. The minimum atomic E-state index is -0.507. The van der Waals surface area contributed by atoms with Gasteiger partial charge in [-0.05, 0) is 43.2 Å². The van der Waals surface area contributed by atoms with Crippen molar-refractivity contribution in [1.29, 1.82) is 5.26 Å². The molecule has 0 unspecified atom stereocenters. The van der Waals surface area contributed by atoms with Gasteiger partial charge in [-0.15, -0.1) is 0 Å². The van der Waals surface area contributed by atoms with E-state index < -0.39 is 11.9 Å². The van der Waals surface area contributed by atoms with Gasteiger partial charge in [0, 0.05) is 0 Å². The van der Waals surface area contributed by atoms with Crippen molar-refractivity contribution in [2.45, 2.75) is 13.8 Å². The van der Waals surface area contributed by atoms with Crippen LogP contribution in [0, 0.1) is 11.3 Å². The molecule has 0 amide bonds. The molecule has 0 heterocycles. The van der Waals surface area contributed by atoms with Gasteiger partial charge in [-0.2, -0.15) is 5.26 Å². The number of fused-ring (bicyclic) bond motifs is 1. The van der Waals surface area contributed by atoms with E-state index in [1.165, 1.54) is 6.07 Å². The van der Waals surface area contributed by atoms with Gasteiger partial charge in [-0.1, -0.05) is 12.1 Å². The molecule has 5 heteroatoms. The van der Waals surface area contributed by atoms with Gasteiger partial charge in [0.25, 0.3) is 0 Å². The van der Waals surface area contributed by atoms with Crippen LogP contribution in [0.4, 0.5) is 0 Å². The van der Waals surface area contributed by atoms with Gasteiger partial charge >= 0.3 is 11.9 Å². The predicted molar refractivity (Wildman–Crippen MR) is 79.7 cm³/mol. The largest absolute Gasteiger partial charge is 0.462 e. The molecule has 2 aliphatic carbocycles. The van der Waals surface area contributed by atoms with Gasteiger partial charge in [-0.3, -0.25) is 0 Å². The van der Waals surface area contributed by atoms with Crippen LogP contribution in [0.2, 0.25) is 0 Å². The van der Waals surface area contributed by atoms with Crippen LogP contribution in [0.3, 0.4) is 0 Å². The monoisotopic (exact) mass is 297 g/mol. The molecular weight excluding hydrogens is 282 g/mol. The van der Waals surface area contributed by atoms with Crippen LogP contribution in [0.15, 0.2) is 30.3 Å². The summed E-state index contributed by atoms with van der Waals surface area (Å²) in [5.74, 6) is -1.01. The highest BCUT2D eigenvalue weighted by Gasteiger charge is 2.25. The Morgan fingerprint density at radius 3 is 1.77 bits per heavy atom. The van der Waals surface area contributed by atoms with Crippen molar-refractivity contribution in [3.05, 3.63) is 47.0 Å². The molecule has 0 spiro atoms. The first-order valence-electron chi connectivity index (χ1n) is 6.93. The van der Waals surface area contributed by atoms with Crippen LogP contribution in [0.5, 0.6) is 0 Å². The second-order valence-corrected chi connectivity index (χ2v) is 4.47. The minimum Gasteiger partial charge on any atom is -0.462 e. The van der Waals surface area contributed by atoms with Crippen molar-refractivity contribution < 1.29 is 19.1 Å². The molecule has 0 fully saturated rings. The summed E-state index contributed by atoms with van der Waals surface area (Å²) >= 11 is 0. The molecule has 0 atom stereocenters. The maximum atomic E-state index is 12.1. The van der Waals surface area contributed by atoms with Crippen LogP contribution in [-0.4, -0.2) is 25.2 Å². The fourth-order valence-corrected chi connectivity index (χ4v) is 2.18. The van der Waals surface area contributed by atoms with E-state index in [1.54, 1.807) is 38.1 Å². The Balaban J connectivity index is 2.64. The van der Waals surface area contributed by atoms with E-state index in [9.17, 15) is 9.59 Å². The maximum Gasteiger partial charge on any atom is 0.338 e. The maximum absolute atomic E-state index is 12.1. The zero-order chi connectivity index (χ0) is 16.1. The molecule has 2 rings (SSSR count). The SMILES string of the molecule is CCOC(=O)c1cc(C(=O)OCC)c2ccc(C#N)ccc1-2. The van der Waals surface area contributed by atoms with E-state index >= 15 is 0 Å². The number of rotatable bonds is 4. The predicted octanol–water partition coefficient (Wildman–Crippen LogP) is 3.02. The Hall–Kier alpha value is -2.87. The van der Waals surface area contributed by atoms with Crippen LogP contribution in [0.25, 0.3) is 11.1 Å². The first-order valence-corrected chi connectivity index (χ1v) is 6.93. The van der Waals surface area contributed by atoms with Crippen molar-refractivity contribution >= 4 is 11.9 Å². The first kappa shape index (κ1) is 15.5. The second-order valence-electron chi connectivity index (χ2n) is 4.47. The number of nitrogens with zero attached hydrogens (tertiary/aromatic N) is 1. The van der Waals surface area contributed by atoms with Gasteiger partial charge in [0.05, 0.1) is 36.0 Å². The number of carbonyl (C=O) groups excluding carboxylic acids is 2. The number of carbonyl (C=O) groups is 2. The second kappa shape index (κ2) is 6.72. The number of esters is 2. The molecule has 0 saturated heterocycles. The van der Waals surface area contributed by atoms with E-state index in [1.807, 2.05) is 6.07 Å². The summed E-state index contributed by atoms with van der Waals surface area (Å²) < 4.78 is 10.0. The van der Waals surface area contributed by atoms with Crippen molar-refractivity contribution in [3.8, 4) is 17.2 Å². The van der Waals surface area contributed by atoms with Gasteiger partial charge in [0.1, 0.15) is 0 Å². The van der Waals surface area contributed by atoms with E-state index in [-0.39, 0.29) is 13.2 Å². The Bertz CT molecular complexity index is 677. The molecule has 0 N–H and O–H groups in total. The van der Waals surface area contributed by atoms with Crippen molar-refractivity contribution in [3.63, 3.8) is 0 Å². The number of hydrogen-bond donors (Lipinski definition) is 0. The molecule has 0 bridgehead atoms. The standard InChI is InChI=1S/C17H15NO4/c1-3-21-16(19)14-9-15(17(20)22-4-2)13-8-6-11(10-18)5-7-12(13)14/h5-9H,3-4H2,1-2H3. The zero-order valence-corrected chi connectivity index (χ0v) is 12.4. The topological polar surface area (TPSA) is 76.4 Å². The molecular formula is C17H15NO4. The van der Waals surface area contributed by atoms with E-state index in [0.717, 1.165) is 0 Å². The lowest BCUT2D eigenvalue weighted by molar-refractivity contribution is 0.0525. The average Bonchev–Trinajstić information content (AvgIpc) is 2.74. The number of nitriles is 1. The first-order chi connectivity index (χ1) is 10.6. The van der Waals surface area contributed by atoms with Crippen LogP contribution in [-0.2, 0) is 9.47 Å². The average molecular weight is 297 g/mol. The van der Waals surface area contributed by atoms with E-state index in [2.05, 4.69) is 0 Å². The van der Waals surface area contributed by atoms with Gasteiger partial charge in [-0.25, -0.2) is 9.59 Å². The molecule has 0 saturated carbocycles. The van der Waals surface area contributed by atoms with Crippen LogP contribution >= 0.6 is 0 Å². The molecule has 0 aromatic rings. The number of ether oxygens (including phenoxy) is 2. The molecule has 2 aliphatic rings. The number of hydrogen-bond acceptors (Lipinski definition) is 5. The van der Waals surface area contributed by atoms with Crippen molar-refractivity contribution in [2.24, 2.45) is 0 Å². The summed E-state index contributed by atoms with van der Waals surface area (Å²) in [6, 6.07) is 9.98. The third kappa shape index (κ3) is 2.91. The van der Waals surface area contributed by atoms with Crippen LogP contribution in [0.1, 0.15) is 40.1 Å². The lowest BCUT2D eigenvalue weighted by Gasteiger charge is -2.02. The summed E-state index contributed by atoms with van der Waals surface area (Å²) in [5, 5.41) is 8.99. The lowest BCUT2D eigenvalue weighted by Crippen LogP contribution is -2.05. The quantitative estimate of drug-likeness (QED) is 0.811. The molecule has 0 radical (unpaired) electrons. The third-order valence-corrected chi connectivity index (χ3v) is 3.14. The van der Waals surface area contributed by atoms with Crippen molar-refractivity contribution in [1.82, 2.24) is 0 Å². The van der Waals surface area contributed by atoms with Crippen molar-refractivity contribution in [2.75, 3.05) is 13.2 Å².